The predicted octanol–water partition coefficient (Wildman–Crippen LogP) is 2.47. The molecule has 10 heteroatoms. The monoisotopic (exact) mass is 414 g/mol. The Kier molecular flexibility index (Phi) is 4.52. The SMILES string of the molecule is CCn1nc(C)c(F)c1C(=O)Nc1nc2cc(C(N)=O)cc3c2n1CC(C)(C)CO3. The summed E-state index contributed by atoms with van der Waals surface area (Å²) in [5.41, 5.74) is 6.50. The van der Waals surface area contributed by atoms with Crippen LogP contribution in [0, 0.1) is 18.2 Å². The van der Waals surface area contributed by atoms with E-state index in [1.165, 1.54) is 11.6 Å². The number of carbonyl (C=O) groups is 2. The summed E-state index contributed by atoms with van der Waals surface area (Å²) in [4.78, 5) is 29.1. The highest BCUT2D eigenvalue weighted by Gasteiger charge is 2.31. The van der Waals surface area contributed by atoms with Gasteiger partial charge < -0.3 is 15.0 Å². The number of amides is 2. The quantitative estimate of drug-likeness (QED) is 0.680. The molecule has 0 bridgehead atoms. The molecule has 9 nitrogen and oxygen atoms in total. The van der Waals surface area contributed by atoms with Crippen LogP contribution in [-0.2, 0) is 13.1 Å². The van der Waals surface area contributed by atoms with E-state index in [0.717, 1.165) is 0 Å². The lowest BCUT2D eigenvalue weighted by Gasteiger charge is -2.23. The Labute approximate surface area is 172 Å². The third kappa shape index (κ3) is 3.17. The van der Waals surface area contributed by atoms with Gasteiger partial charge in [-0.3, -0.25) is 19.6 Å². The fourth-order valence-electron chi connectivity index (χ4n) is 3.64. The first-order chi connectivity index (χ1) is 14.1. The number of rotatable bonds is 4. The Hall–Kier alpha value is -3.43. The van der Waals surface area contributed by atoms with Gasteiger partial charge in [-0.05, 0) is 26.0 Å². The number of nitrogens with zero attached hydrogens (tertiary/aromatic N) is 4. The summed E-state index contributed by atoms with van der Waals surface area (Å²) >= 11 is 0. The number of halogens is 1. The summed E-state index contributed by atoms with van der Waals surface area (Å²) in [5.74, 6) is -1.23. The highest BCUT2D eigenvalue weighted by atomic mass is 19.1. The van der Waals surface area contributed by atoms with Crippen molar-refractivity contribution in [1.82, 2.24) is 19.3 Å². The minimum Gasteiger partial charge on any atom is -0.491 e. The third-order valence-corrected chi connectivity index (χ3v) is 5.09. The first-order valence-electron chi connectivity index (χ1n) is 9.62. The Balaban J connectivity index is 1.84. The average molecular weight is 414 g/mol. The zero-order valence-corrected chi connectivity index (χ0v) is 17.2. The number of aromatic nitrogens is 4. The van der Waals surface area contributed by atoms with Gasteiger partial charge in [-0.15, -0.1) is 0 Å². The first kappa shape index (κ1) is 19.9. The topological polar surface area (TPSA) is 117 Å². The molecule has 4 rings (SSSR count). The Morgan fingerprint density at radius 3 is 2.77 bits per heavy atom. The van der Waals surface area contributed by atoms with E-state index < -0.39 is 17.6 Å². The number of aryl methyl sites for hydroxylation is 2. The molecule has 0 saturated heterocycles. The zero-order chi connectivity index (χ0) is 21.8. The number of carbonyl (C=O) groups excluding carboxylic acids is 2. The van der Waals surface area contributed by atoms with Crippen LogP contribution >= 0.6 is 0 Å². The van der Waals surface area contributed by atoms with Crippen molar-refractivity contribution in [3.05, 3.63) is 34.9 Å². The van der Waals surface area contributed by atoms with Gasteiger partial charge in [-0.1, -0.05) is 13.8 Å². The third-order valence-electron chi connectivity index (χ3n) is 5.09. The van der Waals surface area contributed by atoms with Crippen molar-refractivity contribution in [3.8, 4) is 5.75 Å². The number of ether oxygens (including phenoxy) is 1. The van der Waals surface area contributed by atoms with Crippen molar-refractivity contribution in [2.45, 2.75) is 40.8 Å². The van der Waals surface area contributed by atoms with Crippen LogP contribution in [0.3, 0.4) is 0 Å². The molecule has 3 N–H and O–H groups in total. The van der Waals surface area contributed by atoms with Crippen molar-refractivity contribution in [2.75, 3.05) is 11.9 Å². The van der Waals surface area contributed by atoms with Crippen LogP contribution in [0.1, 0.15) is 47.3 Å². The van der Waals surface area contributed by atoms with Gasteiger partial charge >= 0.3 is 0 Å². The van der Waals surface area contributed by atoms with Crippen LogP contribution in [-0.4, -0.2) is 37.8 Å². The number of nitrogens with one attached hydrogen (secondary N) is 1. The molecule has 1 aliphatic heterocycles. The van der Waals surface area contributed by atoms with Crippen LogP contribution in [0.4, 0.5) is 10.3 Å². The molecule has 158 valence electrons. The predicted molar refractivity (Wildman–Crippen MR) is 108 cm³/mol. The molecule has 30 heavy (non-hydrogen) atoms. The van der Waals surface area contributed by atoms with Gasteiger partial charge in [0.2, 0.25) is 11.9 Å². The minimum absolute atomic E-state index is 0.149. The molecule has 0 atom stereocenters. The number of imidazole rings is 1. The lowest BCUT2D eigenvalue weighted by molar-refractivity contribution is 0.0993. The molecule has 2 aromatic heterocycles. The summed E-state index contributed by atoms with van der Waals surface area (Å²) < 4.78 is 23.6. The number of primary amides is 1. The van der Waals surface area contributed by atoms with E-state index in [-0.39, 0.29) is 28.3 Å². The summed E-state index contributed by atoms with van der Waals surface area (Å²) in [7, 11) is 0. The molecule has 0 unspecified atom stereocenters. The molecule has 0 spiro atoms. The van der Waals surface area contributed by atoms with Crippen molar-refractivity contribution in [1.29, 1.82) is 0 Å². The lowest BCUT2D eigenvalue weighted by atomic mass is 9.95. The Morgan fingerprint density at radius 1 is 1.37 bits per heavy atom. The smallest absolute Gasteiger partial charge is 0.279 e. The van der Waals surface area contributed by atoms with E-state index in [4.69, 9.17) is 10.5 Å². The lowest BCUT2D eigenvalue weighted by Crippen LogP contribution is -2.27. The van der Waals surface area contributed by atoms with E-state index in [9.17, 15) is 14.0 Å². The van der Waals surface area contributed by atoms with Crippen LogP contribution < -0.4 is 15.8 Å². The van der Waals surface area contributed by atoms with E-state index >= 15 is 0 Å². The molecule has 0 aliphatic carbocycles. The molecular weight excluding hydrogens is 391 g/mol. The number of anilines is 1. The minimum atomic E-state index is -0.665. The molecular formula is C20H23FN6O3. The highest BCUT2D eigenvalue weighted by molar-refractivity contribution is 6.04. The van der Waals surface area contributed by atoms with Crippen molar-refractivity contribution in [2.24, 2.45) is 11.1 Å². The van der Waals surface area contributed by atoms with Gasteiger partial charge in [0.1, 0.15) is 11.3 Å². The van der Waals surface area contributed by atoms with Gasteiger partial charge in [0.25, 0.3) is 5.91 Å². The van der Waals surface area contributed by atoms with E-state index in [2.05, 4.69) is 15.4 Å². The van der Waals surface area contributed by atoms with Gasteiger partial charge in [0, 0.05) is 24.1 Å². The van der Waals surface area contributed by atoms with E-state index in [1.807, 2.05) is 18.4 Å². The Bertz CT molecular complexity index is 1190. The molecule has 1 aromatic carbocycles. The number of benzene rings is 1. The molecule has 1 aliphatic rings. The average Bonchev–Trinajstić information content (AvgIpc) is 3.10. The van der Waals surface area contributed by atoms with Gasteiger partial charge in [-0.2, -0.15) is 5.10 Å². The maximum atomic E-state index is 14.5. The summed E-state index contributed by atoms with van der Waals surface area (Å²) in [5, 5.41) is 6.77. The second kappa shape index (κ2) is 6.82. The first-order valence-corrected chi connectivity index (χ1v) is 9.62. The summed E-state index contributed by atoms with van der Waals surface area (Å²) in [6.45, 7) is 8.55. The van der Waals surface area contributed by atoms with Gasteiger partial charge in [-0.25, -0.2) is 9.37 Å². The van der Waals surface area contributed by atoms with Crippen molar-refractivity contribution >= 4 is 28.8 Å². The van der Waals surface area contributed by atoms with E-state index in [0.29, 0.717) is 36.5 Å². The van der Waals surface area contributed by atoms with Crippen LogP contribution in [0.15, 0.2) is 12.1 Å². The summed E-state index contributed by atoms with van der Waals surface area (Å²) in [6, 6.07) is 3.13. The number of nitrogens with two attached hydrogens (primary N) is 1. The van der Waals surface area contributed by atoms with Crippen LogP contribution in [0.25, 0.3) is 11.0 Å². The van der Waals surface area contributed by atoms with Crippen molar-refractivity contribution in [3.63, 3.8) is 0 Å². The normalized spacial score (nSPS) is 15.0. The molecule has 0 radical (unpaired) electrons. The maximum absolute atomic E-state index is 14.5. The highest BCUT2D eigenvalue weighted by Crippen LogP contribution is 2.37. The van der Waals surface area contributed by atoms with Crippen LogP contribution in [0.2, 0.25) is 0 Å². The van der Waals surface area contributed by atoms with Gasteiger partial charge in [0.05, 0.1) is 17.8 Å². The van der Waals surface area contributed by atoms with Gasteiger partial charge in [0.15, 0.2) is 11.5 Å². The molecule has 3 aromatic rings. The fourth-order valence-corrected chi connectivity index (χ4v) is 3.64. The second-order valence-corrected chi connectivity index (χ2v) is 8.20. The van der Waals surface area contributed by atoms with E-state index in [1.54, 1.807) is 19.1 Å². The van der Waals surface area contributed by atoms with Crippen LogP contribution in [0.5, 0.6) is 5.75 Å². The summed E-state index contributed by atoms with van der Waals surface area (Å²) in [6.07, 6.45) is 0. The number of hydrogen-bond acceptors (Lipinski definition) is 5. The molecule has 2 amide bonds. The number of hydrogen-bond donors (Lipinski definition) is 2. The second-order valence-electron chi connectivity index (χ2n) is 8.20. The van der Waals surface area contributed by atoms with Crippen molar-refractivity contribution < 1.29 is 18.7 Å². The zero-order valence-electron chi connectivity index (χ0n) is 17.2. The maximum Gasteiger partial charge on any atom is 0.279 e. The Morgan fingerprint density at radius 2 is 2.10 bits per heavy atom. The molecule has 0 saturated carbocycles. The standard InChI is InChI=1S/C20H23FN6O3/c1-5-27-16(14(21)10(2)25-27)18(29)24-19-23-12-6-11(17(22)28)7-13-15(12)26(19)8-20(3,4)9-30-13/h6-7H,5,8-9H2,1-4H3,(H2,22,28)(H,23,24,29). The fraction of sp³-hybridized carbons (Fsp3) is 0.400. The largest absolute Gasteiger partial charge is 0.491 e. The molecule has 3 heterocycles. The molecule has 0 fully saturated rings.